The molecule has 1 saturated heterocycles. The summed E-state index contributed by atoms with van der Waals surface area (Å²) in [7, 11) is 1.62. The zero-order valence-corrected chi connectivity index (χ0v) is 19.2. The molecular formula is C27H27FN4O2. The minimum Gasteiger partial charge on any atom is -0.497 e. The molecule has 0 spiro atoms. The Labute approximate surface area is 197 Å². The molecule has 0 amide bonds. The molecular weight excluding hydrogens is 431 g/mol. The van der Waals surface area contributed by atoms with Crippen LogP contribution in [0.1, 0.15) is 11.1 Å². The first-order chi connectivity index (χ1) is 16.6. The molecule has 5 rings (SSSR count). The standard InChI is InChI=1S/C27H27FN4O2/c1-34-24-6-4-5-20(15-24)18-32-25-17-23(28)9-8-21(25)16-22(27(32)33)19-30-11-13-31(14-12-30)26-7-2-3-10-29-26/h2-10,15-17H,11-14,18-19H2,1H3. The van der Waals surface area contributed by atoms with Crippen LogP contribution in [0.5, 0.6) is 5.75 Å². The third-order valence-corrected chi connectivity index (χ3v) is 6.35. The fourth-order valence-corrected chi connectivity index (χ4v) is 4.55. The van der Waals surface area contributed by atoms with Crippen LogP contribution < -0.4 is 15.2 Å². The lowest BCUT2D eigenvalue weighted by atomic mass is 10.1. The first kappa shape index (κ1) is 22.1. The van der Waals surface area contributed by atoms with E-state index in [4.69, 9.17) is 4.74 Å². The number of hydrogen-bond donors (Lipinski definition) is 0. The molecule has 174 valence electrons. The number of aromatic nitrogens is 2. The van der Waals surface area contributed by atoms with Crippen molar-refractivity contribution in [1.82, 2.24) is 14.5 Å². The molecule has 7 heteroatoms. The van der Waals surface area contributed by atoms with Crippen molar-refractivity contribution in [3.05, 3.63) is 100 Å². The summed E-state index contributed by atoms with van der Waals surface area (Å²) < 4.78 is 21.1. The molecule has 1 fully saturated rings. The predicted molar refractivity (Wildman–Crippen MR) is 132 cm³/mol. The van der Waals surface area contributed by atoms with Crippen LogP contribution in [0.4, 0.5) is 10.2 Å². The van der Waals surface area contributed by atoms with E-state index in [1.807, 2.05) is 54.7 Å². The van der Waals surface area contributed by atoms with E-state index >= 15 is 0 Å². The average Bonchev–Trinajstić information content (AvgIpc) is 2.88. The van der Waals surface area contributed by atoms with Crippen LogP contribution in [0.2, 0.25) is 0 Å². The Bertz CT molecular complexity index is 1350. The molecule has 2 aromatic carbocycles. The van der Waals surface area contributed by atoms with E-state index in [1.54, 1.807) is 17.7 Å². The van der Waals surface area contributed by atoms with Gasteiger partial charge in [-0.25, -0.2) is 9.37 Å². The topological polar surface area (TPSA) is 50.6 Å². The minimum absolute atomic E-state index is 0.0897. The van der Waals surface area contributed by atoms with Crippen LogP contribution in [0.3, 0.4) is 0 Å². The van der Waals surface area contributed by atoms with Crippen molar-refractivity contribution in [2.24, 2.45) is 0 Å². The van der Waals surface area contributed by atoms with E-state index in [-0.39, 0.29) is 11.4 Å². The molecule has 0 radical (unpaired) electrons. The second-order valence-corrected chi connectivity index (χ2v) is 8.57. The van der Waals surface area contributed by atoms with Crippen molar-refractivity contribution in [1.29, 1.82) is 0 Å². The Kier molecular flexibility index (Phi) is 6.27. The largest absolute Gasteiger partial charge is 0.497 e. The quantitative estimate of drug-likeness (QED) is 0.439. The van der Waals surface area contributed by atoms with Crippen molar-refractivity contribution < 1.29 is 9.13 Å². The molecule has 6 nitrogen and oxygen atoms in total. The normalized spacial score (nSPS) is 14.5. The summed E-state index contributed by atoms with van der Waals surface area (Å²) in [5, 5.41) is 0.853. The molecule has 1 aliphatic rings. The van der Waals surface area contributed by atoms with Crippen LogP contribution in [0.15, 0.2) is 77.7 Å². The van der Waals surface area contributed by atoms with Crippen molar-refractivity contribution >= 4 is 16.7 Å². The second-order valence-electron chi connectivity index (χ2n) is 8.57. The van der Waals surface area contributed by atoms with E-state index in [2.05, 4.69) is 14.8 Å². The van der Waals surface area contributed by atoms with Crippen molar-refractivity contribution in [3.8, 4) is 5.75 Å². The Balaban J connectivity index is 1.42. The van der Waals surface area contributed by atoms with E-state index < -0.39 is 0 Å². The maximum Gasteiger partial charge on any atom is 0.255 e. The summed E-state index contributed by atoms with van der Waals surface area (Å²) in [6.45, 7) is 4.29. The van der Waals surface area contributed by atoms with Crippen molar-refractivity contribution in [3.63, 3.8) is 0 Å². The molecule has 3 heterocycles. The molecule has 0 aliphatic carbocycles. The Hall–Kier alpha value is -3.71. The molecule has 0 atom stereocenters. The number of hydrogen-bond acceptors (Lipinski definition) is 5. The van der Waals surface area contributed by atoms with Gasteiger partial charge in [-0.15, -0.1) is 0 Å². The van der Waals surface area contributed by atoms with E-state index in [0.717, 1.165) is 48.7 Å². The van der Waals surface area contributed by atoms with Crippen LogP contribution in [0.25, 0.3) is 10.9 Å². The van der Waals surface area contributed by atoms with Gasteiger partial charge >= 0.3 is 0 Å². The van der Waals surface area contributed by atoms with Gasteiger partial charge in [-0.05, 0) is 59.5 Å². The highest BCUT2D eigenvalue weighted by molar-refractivity contribution is 5.79. The number of ether oxygens (including phenoxy) is 1. The first-order valence-electron chi connectivity index (χ1n) is 11.4. The molecule has 0 saturated carbocycles. The summed E-state index contributed by atoms with van der Waals surface area (Å²) in [6, 6.07) is 20.1. The minimum atomic E-state index is -0.357. The van der Waals surface area contributed by atoms with Gasteiger partial charge in [0.05, 0.1) is 19.2 Å². The fourth-order valence-electron chi connectivity index (χ4n) is 4.55. The van der Waals surface area contributed by atoms with Gasteiger partial charge in [0.15, 0.2) is 0 Å². The van der Waals surface area contributed by atoms with Gasteiger partial charge in [-0.1, -0.05) is 18.2 Å². The predicted octanol–water partition coefficient (Wildman–Crippen LogP) is 3.91. The molecule has 4 aromatic rings. The number of fused-ring (bicyclic) bond motifs is 1. The van der Waals surface area contributed by atoms with E-state index in [1.165, 1.54) is 12.1 Å². The smallest absolute Gasteiger partial charge is 0.255 e. The fraction of sp³-hybridized carbons (Fsp3) is 0.259. The van der Waals surface area contributed by atoms with Gasteiger partial charge in [0.25, 0.3) is 5.56 Å². The Morgan fingerprint density at radius 2 is 1.79 bits per heavy atom. The van der Waals surface area contributed by atoms with Gasteiger partial charge in [0.2, 0.25) is 0 Å². The zero-order valence-electron chi connectivity index (χ0n) is 19.2. The van der Waals surface area contributed by atoms with Gasteiger partial charge in [-0.3, -0.25) is 9.69 Å². The van der Waals surface area contributed by atoms with E-state index in [9.17, 15) is 9.18 Å². The van der Waals surface area contributed by atoms with E-state index in [0.29, 0.717) is 24.2 Å². The average molecular weight is 459 g/mol. The number of halogens is 1. The third-order valence-electron chi connectivity index (χ3n) is 6.35. The van der Waals surface area contributed by atoms with Crippen LogP contribution in [0, 0.1) is 5.82 Å². The molecule has 0 unspecified atom stereocenters. The van der Waals surface area contributed by atoms with Gasteiger partial charge < -0.3 is 14.2 Å². The molecule has 0 N–H and O–H groups in total. The maximum absolute atomic E-state index is 14.1. The first-order valence-corrected chi connectivity index (χ1v) is 11.4. The van der Waals surface area contributed by atoms with Gasteiger partial charge in [-0.2, -0.15) is 0 Å². The summed E-state index contributed by atoms with van der Waals surface area (Å²) in [4.78, 5) is 22.6. The van der Waals surface area contributed by atoms with Gasteiger partial charge in [0.1, 0.15) is 17.4 Å². The number of benzene rings is 2. The number of nitrogens with zero attached hydrogens (tertiary/aromatic N) is 4. The highest BCUT2D eigenvalue weighted by atomic mass is 19.1. The second kappa shape index (κ2) is 9.65. The highest BCUT2D eigenvalue weighted by Crippen LogP contribution is 2.20. The van der Waals surface area contributed by atoms with Crippen LogP contribution >= 0.6 is 0 Å². The number of rotatable bonds is 6. The summed E-state index contributed by atoms with van der Waals surface area (Å²) in [5.74, 6) is 1.35. The summed E-state index contributed by atoms with van der Waals surface area (Å²) in [5.41, 5.74) is 2.14. The lowest BCUT2D eigenvalue weighted by Gasteiger charge is -2.35. The summed E-state index contributed by atoms with van der Waals surface area (Å²) in [6.07, 6.45) is 1.81. The number of pyridine rings is 2. The SMILES string of the molecule is COc1cccc(Cn2c(=O)c(CN3CCN(c4ccccn4)CC3)cc3ccc(F)cc32)c1. The van der Waals surface area contributed by atoms with Crippen LogP contribution in [-0.4, -0.2) is 47.7 Å². The maximum atomic E-state index is 14.1. The van der Waals surface area contributed by atoms with Gasteiger partial charge in [0, 0.05) is 44.5 Å². The zero-order chi connectivity index (χ0) is 23.5. The molecule has 0 bridgehead atoms. The number of piperazine rings is 1. The molecule has 34 heavy (non-hydrogen) atoms. The number of methoxy groups -OCH3 is 1. The van der Waals surface area contributed by atoms with Crippen molar-refractivity contribution in [2.45, 2.75) is 13.1 Å². The third kappa shape index (κ3) is 4.65. The lowest BCUT2D eigenvalue weighted by molar-refractivity contribution is 0.248. The Morgan fingerprint density at radius 1 is 0.941 bits per heavy atom. The van der Waals surface area contributed by atoms with Crippen molar-refractivity contribution in [2.75, 3.05) is 38.2 Å². The molecule has 2 aromatic heterocycles. The Morgan fingerprint density at radius 3 is 2.56 bits per heavy atom. The molecule has 1 aliphatic heterocycles. The highest BCUT2D eigenvalue weighted by Gasteiger charge is 2.20. The number of anilines is 1. The monoisotopic (exact) mass is 458 g/mol. The lowest BCUT2D eigenvalue weighted by Crippen LogP contribution is -2.47. The van der Waals surface area contributed by atoms with Crippen LogP contribution in [-0.2, 0) is 13.1 Å². The summed E-state index contributed by atoms with van der Waals surface area (Å²) >= 11 is 0.